The predicted octanol–water partition coefficient (Wildman–Crippen LogP) is 1.04. The first kappa shape index (κ1) is 11.8. The molecule has 0 atom stereocenters. The van der Waals surface area contributed by atoms with Crippen LogP contribution in [0.1, 0.15) is 33.1 Å². The second-order valence-corrected chi connectivity index (χ2v) is 3.34. The van der Waals surface area contributed by atoms with Crippen LogP contribution in [-0.4, -0.2) is 22.6 Å². The molecule has 0 saturated carbocycles. The van der Waals surface area contributed by atoms with Crippen molar-refractivity contribution >= 4 is 17.5 Å². The lowest BCUT2D eigenvalue weighted by Crippen LogP contribution is -2.16. The zero-order valence-electron chi connectivity index (χ0n) is 7.87. The van der Waals surface area contributed by atoms with Crippen molar-refractivity contribution in [2.75, 3.05) is 0 Å². The molecule has 0 aromatic heterocycles. The first-order valence-corrected chi connectivity index (χ1v) is 4.21. The van der Waals surface area contributed by atoms with Gasteiger partial charge in [0.25, 0.3) is 0 Å². The lowest BCUT2D eigenvalue weighted by Gasteiger charge is -2.01. The molecule has 0 aliphatic heterocycles. The minimum absolute atomic E-state index is 0.140. The summed E-state index contributed by atoms with van der Waals surface area (Å²) in [6.07, 6.45) is -0.234. The Bertz CT molecular complexity index is 218. The van der Waals surface area contributed by atoms with Crippen LogP contribution >= 0.6 is 0 Å². The normalized spacial score (nSPS) is 10.1. The maximum absolute atomic E-state index is 11.0. The molecule has 13 heavy (non-hydrogen) atoms. The summed E-state index contributed by atoms with van der Waals surface area (Å²) < 4.78 is 0. The average molecular weight is 186 g/mol. The largest absolute Gasteiger partial charge is 0.481 e. The Morgan fingerprint density at radius 2 is 1.62 bits per heavy atom. The lowest BCUT2D eigenvalue weighted by atomic mass is 10.0. The first-order valence-electron chi connectivity index (χ1n) is 4.21. The number of hydrogen-bond acceptors (Lipinski definition) is 3. The van der Waals surface area contributed by atoms with Gasteiger partial charge in [0.2, 0.25) is 0 Å². The second-order valence-electron chi connectivity index (χ2n) is 3.34. The van der Waals surface area contributed by atoms with E-state index in [1.54, 1.807) is 0 Å². The minimum atomic E-state index is -1.05. The highest BCUT2D eigenvalue weighted by Crippen LogP contribution is 2.03. The van der Waals surface area contributed by atoms with E-state index in [1.807, 2.05) is 13.8 Å². The summed E-state index contributed by atoms with van der Waals surface area (Å²) in [7, 11) is 0. The molecule has 0 aromatic rings. The van der Waals surface area contributed by atoms with Gasteiger partial charge in [0.05, 0.1) is 6.42 Å². The SMILES string of the molecule is CC(C)CC(=O)C(=O)CCC(=O)O. The van der Waals surface area contributed by atoms with Gasteiger partial charge in [0, 0.05) is 12.8 Å². The van der Waals surface area contributed by atoms with Crippen LogP contribution in [0, 0.1) is 5.92 Å². The minimum Gasteiger partial charge on any atom is -0.481 e. The molecule has 0 aliphatic rings. The van der Waals surface area contributed by atoms with E-state index in [1.165, 1.54) is 0 Å². The van der Waals surface area contributed by atoms with E-state index >= 15 is 0 Å². The summed E-state index contributed by atoms with van der Waals surface area (Å²) in [5.41, 5.74) is 0. The molecule has 0 amide bonds. The Morgan fingerprint density at radius 1 is 1.08 bits per heavy atom. The highest BCUT2D eigenvalue weighted by atomic mass is 16.4. The summed E-state index contributed by atoms with van der Waals surface area (Å²) in [6.45, 7) is 3.67. The van der Waals surface area contributed by atoms with Crippen molar-refractivity contribution in [1.29, 1.82) is 0 Å². The van der Waals surface area contributed by atoms with Crippen molar-refractivity contribution < 1.29 is 19.5 Å². The zero-order chi connectivity index (χ0) is 10.4. The number of rotatable bonds is 6. The van der Waals surface area contributed by atoms with Gasteiger partial charge in [0.1, 0.15) is 0 Å². The van der Waals surface area contributed by atoms with Crippen LogP contribution < -0.4 is 0 Å². The summed E-state index contributed by atoms with van der Waals surface area (Å²) >= 11 is 0. The van der Waals surface area contributed by atoms with Gasteiger partial charge < -0.3 is 5.11 Å². The molecule has 0 aliphatic carbocycles. The molecular weight excluding hydrogens is 172 g/mol. The van der Waals surface area contributed by atoms with Gasteiger partial charge in [-0.1, -0.05) is 13.8 Å². The lowest BCUT2D eigenvalue weighted by molar-refractivity contribution is -0.141. The molecule has 4 nitrogen and oxygen atoms in total. The van der Waals surface area contributed by atoms with Crippen LogP contribution in [0.4, 0.5) is 0 Å². The topological polar surface area (TPSA) is 71.4 Å². The van der Waals surface area contributed by atoms with Gasteiger partial charge in [-0.15, -0.1) is 0 Å². The van der Waals surface area contributed by atoms with Gasteiger partial charge >= 0.3 is 5.97 Å². The van der Waals surface area contributed by atoms with Gasteiger partial charge in [-0.25, -0.2) is 0 Å². The number of aliphatic carboxylic acids is 1. The quantitative estimate of drug-likeness (QED) is 0.629. The number of carbonyl (C=O) groups is 3. The third-order valence-electron chi connectivity index (χ3n) is 1.47. The second kappa shape index (κ2) is 5.45. The van der Waals surface area contributed by atoms with Crippen LogP contribution in [0.3, 0.4) is 0 Å². The van der Waals surface area contributed by atoms with E-state index < -0.39 is 17.5 Å². The number of ketones is 2. The van der Waals surface area contributed by atoms with Crippen LogP contribution in [0.2, 0.25) is 0 Å². The Labute approximate surface area is 76.9 Å². The molecule has 0 radical (unpaired) electrons. The molecule has 0 unspecified atom stereocenters. The van der Waals surface area contributed by atoms with E-state index in [0.717, 1.165) is 0 Å². The third kappa shape index (κ3) is 6.02. The molecule has 0 heterocycles. The van der Waals surface area contributed by atoms with Crippen LogP contribution in [-0.2, 0) is 14.4 Å². The van der Waals surface area contributed by atoms with Crippen LogP contribution in [0.5, 0.6) is 0 Å². The average Bonchev–Trinajstić information content (AvgIpc) is 1.98. The van der Waals surface area contributed by atoms with Crippen molar-refractivity contribution in [3.8, 4) is 0 Å². The maximum atomic E-state index is 11.0. The summed E-state index contributed by atoms with van der Waals surface area (Å²) in [4.78, 5) is 32.1. The zero-order valence-corrected chi connectivity index (χ0v) is 7.87. The number of carbonyl (C=O) groups excluding carboxylic acids is 2. The van der Waals surface area contributed by atoms with Crippen molar-refractivity contribution in [2.24, 2.45) is 5.92 Å². The molecule has 0 rings (SSSR count). The smallest absolute Gasteiger partial charge is 0.303 e. The molecule has 74 valence electrons. The van der Waals surface area contributed by atoms with E-state index in [-0.39, 0.29) is 25.2 Å². The van der Waals surface area contributed by atoms with Crippen LogP contribution in [0.25, 0.3) is 0 Å². The molecule has 0 spiro atoms. The van der Waals surface area contributed by atoms with Gasteiger partial charge in [-0.3, -0.25) is 14.4 Å². The molecule has 0 saturated heterocycles. The molecule has 0 bridgehead atoms. The Balaban J connectivity index is 3.83. The Kier molecular flexibility index (Phi) is 4.96. The van der Waals surface area contributed by atoms with Gasteiger partial charge in [-0.05, 0) is 5.92 Å². The van der Waals surface area contributed by atoms with Crippen molar-refractivity contribution in [3.63, 3.8) is 0 Å². The monoisotopic (exact) mass is 186 g/mol. The summed E-state index contributed by atoms with van der Waals surface area (Å²) in [5.74, 6) is -1.95. The molecule has 4 heteroatoms. The highest BCUT2D eigenvalue weighted by molar-refractivity contribution is 6.37. The fourth-order valence-corrected chi connectivity index (χ4v) is 0.845. The van der Waals surface area contributed by atoms with E-state index in [4.69, 9.17) is 5.11 Å². The fraction of sp³-hybridized carbons (Fsp3) is 0.667. The molecule has 0 aromatic carbocycles. The summed E-state index contributed by atoms with van der Waals surface area (Å²) in [6, 6.07) is 0. The highest BCUT2D eigenvalue weighted by Gasteiger charge is 2.15. The maximum Gasteiger partial charge on any atom is 0.303 e. The predicted molar refractivity (Wildman–Crippen MR) is 46.3 cm³/mol. The molecular formula is C9H14O4. The number of carboxylic acids is 1. The van der Waals surface area contributed by atoms with Crippen molar-refractivity contribution in [2.45, 2.75) is 33.1 Å². The Hall–Kier alpha value is -1.19. The third-order valence-corrected chi connectivity index (χ3v) is 1.47. The van der Waals surface area contributed by atoms with Gasteiger partial charge in [0.15, 0.2) is 11.6 Å². The number of carboxylic acid groups (broad SMARTS) is 1. The van der Waals surface area contributed by atoms with E-state index in [0.29, 0.717) is 0 Å². The van der Waals surface area contributed by atoms with Crippen molar-refractivity contribution in [3.05, 3.63) is 0 Å². The number of hydrogen-bond donors (Lipinski definition) is 1. The van der Waals surface area contributed by atoms with Crippen molar-refractivity contribution in [1.82, 2.24) is 0 Å². The number of Topliss-reactive ketones (excluding diaryl/α,β-unsaturated/α-hetero) is 2. The fourth-order valence-electron chi connectivity index (χ4n) is 0.845. The van der Waals surface area contributed by atoms with Gasteiger partial charge in [-0.2, -0.15) is 0 Å². The van der Waals surface area contributed by atoms with E-state index in [2.05, 4.69) is 0 Å². The molecule has 0 fully saturated rings. The van der Waals surface area contributed by atoms with E-state index in [9.17, 15) is 14.4 Å². The standard InChI is InChI=1S/C9H14O4/c1-6(2)5-8(11)7(10)3-4-9(12)13/h6H,3-5H2,1-2H3,(H,12,13). The summed E-state index contributed by atoms with van der Waals surface area (Å²) in [5, 5.41) is 8.26. The Morgan fingerprint density at radius 3 is 2.00 bits per heavy atom. The first-order chi connectivity index (χ1) is 5.93. The molecule has 1 N–H and O–H groups in total. The van der Waals surface area contributed by atoms with Crippen LogP contribution in [0.15, 0.2) is 0 Å².